The van der Waals surface area contributed by atoms with E-state index in [0.29, 0.717) is 30.2 Å². The largest absolute Gasteiger partial charge is 0.392 e. The van der Waals surface area contributed by atoms with E-state index in [9.17, 15) is 9.32 Å². The number of pyridine rings is 1. The van der Waals surface area contributed by atoms with E-state index in [1.165, 1.54) is 0 Å². The summed E-state index contributed by atoms with van der Waals surface area (Å²) in [6, 6.07) is 3.63. The zero-order valence-corrected chi connectivity index (χ0v) is 9.85. The minimum atomic E-state index is -1.31. The monoisotopic (exact) mass is 252 g/mol. The molecule has 3 heterocycles. The maximum absolute atomic E-state index is 12.3. The molecule has 0 amide bonds. The van der Waals surface area contributed by atoms with Gasteiger partial charge < -0.3 is 5.11 Å². The summed E-state index contributed by atoms with van der Waals surface area (Å²) < 4.78 is 14.0. The maximum atomic E-state index is 12.3. The Kier molecular flexibility index (Phi) is 2.65. The summed E-state index contributed by atoms with van der Waals surface area (Å²) in [6.07, 6.45) is 1.93. The Morgan fingerprint density at radius 2 is 2.47 bits per heavy atom. The van der Waals surface area contributed by atoms with Gasteiger partial charge in [0, 0.05) is 19.3 Å². The molecule has 2 unspecified atom stereocenters. The van der Waals surface area contributed by atoms with Crippen LogP contribution in [-0.4, -0.2) is 48.0 Å². The van der Waals surface area contributed by atoms with Gasteiger partial charge in [-0.1, -0.05) is 0 Å². The van der Waals surface area contributed by atoms with Crippen molar-refractivity contribution in [1.29, 1.82) is 0 Å². The van der Waals surface area contributed by atoms with E-state index in [1.54, 1.807) is 16.6 Å². The molecule has 17 heavy (non-hydrogen) atoms. The lowest BCUT2D eigenvalue weighted by Crippen LogP contribution is -2.24. The van der Waals surface area contributed by atoms with Gasteiger partial charge in [-0.2, -0.15) is 5.10 Å². The summed E-state index contributed by atoms with van der Waals surface area (Å²) >= 11 is 0. The number of hydrogen-bond donors (Lipinski definition) is 2. The molecule has 90 valence electrons. The molecule has 2 aromatic heterocycles. The number of fused-ring (bicyclic) bond motifs is 1. The van der Waals surface area contributed by atoms with Crippen molar-refractivity contribution in [2.24, 2.45) is 0 Å². The van der Waals surface area contributed by atoms with Crippen LogP contribution in [0.2, 0.25) is 0 Å². The van der Waals surface area contributed by atoms with Crippen LogP contribution in [-0.2, 0) is 11.0 Å². The van der Waals surface area contributed by atoms with Gasteiger partial charge in [-0.25, -0.2) is 13.5 Å². The van der Waals surface area contributed by atoms with Crippen LogP contribution in [0.15, 0.2) is 23.4 Å². The normalized spacial score (nSPS) is 23.2. The van der Waals surface area contributed by atoms with Gasteiger partial charge in [-0.3, -0.25) is 5.10 Å². The van der Waals surface area contributed by atoms with Crippen molar-refractivity contribution >= 4 is 22.0 Å². The Hall–Kier alpha value is -1.31. The predicted molar refractivity (Wildman–Crippen MR) is 62.5 cm³/mol. The van der Waals surface area contributed by atoms with Crippen molar-refractivity contribution in [3.8, 4) is 0 Å². The number of aliphatic hydroxyl groups excluding tert-OH is 1. The maximum Gasteiger partial charge on any atom is 0.182 e. The van der Waals surface area contributed by atoms with Crippen molar-refractivity contribution in [3.63, 3.8) is 0 Å². The molecule has 2 atom stereocenters. The fourth-order valence-electron chi connectivity index (χ4n) is 1.95. The summed E-state index contributed by atoms with van der Waals surface area (Å²) in [7, 11) is -1.31. The molecule has 0 radical (unpaired) electrons. The van der Waals surface area contributed by atoms with Crippen LogP contribution < -0.4 is 0 Å². The minimum absolute atomic E-state index is 0.383. The van der Waals surface area contributed by atoms with E-state index in [1.807, 2.05) is 6.07 Å². The standard InChI is InChI=1S/C10H12N4O2S/c15-7-3-5-14(6-7)17(16)10-8-2-1-4-11-9(8)12-13-10/h1-2,4,7,15H,3,5-6H2,(H,11,12,13). The summed E-state index contributed by atoms with van der Waals surface area (Å²) in [6.45, 7) is 1.07. The summed E-state index contributed by atoms with van der Waals surface area (Å²) in [4.78, 5) is 4.08. The quantitative estimate of drug-likeness (QED) is 0.791. The first kappa shape index (κ1) is 10.8. The minimum Gasteiger partial charge on any atom is -0.392 e. The molecule has 0 spiro atoms. The third kappa shape index (κ3) is 1.86. The molecule has 0 bridgehead atoms. The van der Waals surface area contributed by atoms with Gasteiger partial charge in [0.2, 0.25) is 0 Å². The Labute approximate surface area is 100 Å². The SMILES string of the molecule is O=S(c1[nH]nc2ncccc12)N1CCC(O)C1. The highest BCUT2D eigenvalue weighted by molar-refractivity contribution is 7.82. The van der Waals surface area contributed by atoms with E-state index < -0.39 is 11.0 Å². The number of aromatic nitrogens is 3. The Morgan fingerprint density at radius 3 is 3.24 bits per heavy atom. The second kappa shape index (κ2) is 4.17. The van der Waals surface area contributed by atoms with Crippen LogP contribution in [0.5, 0.6) is 0 Å². The highest BCUT2D eigenvalue weighted by Gasteiger charge is 2.27. The van der Waals surface area contributed by atoms with Gasteiger partial charge in [-0.05, 0) is 18.6 Å². The van der Waals surface area contributed by atoms with Crippen molar-refractivity contribution in [2.45, 2.75) is 17.6 Å². The van der Waals surface area contributed by atoms with E-state index in [4.69, 9.17) is 0 Å². The summed E-state index contributed by atoms with van der Waals surface area (Å²) in [5.41, 5.74) is 0.565. The van der Waals surface area contributed by atoms with Gasteiger partial charge in [0.25, 0.3) is 0 Å². The van der Waals surface area contributed by atoms with Crippen molar-refractivity contribution in [1.82, 2.24) is 19.5 Å². The van der Waals surface area contributed by atoms with E-state index >= 15 is 0 Å². The van der Waals surface area contributed by atoms with Gasteiger partial charge in [0.15, 0.2) is 5.65 Å². The molecule has 1 aliphatic rings. The third-order valence-corrected chi connectivity index (χ3v) is 4.29. The number of β-amino-alcohol motifs (C(OH)–C–C–N with tert-alkyl or cyclic N) is 1. The molecule has 6 nitrogen and oxygen atoms in total. The number of nitrogens with zero attached hydrogens (tertiary/aromatic N) is 3. The average Bonchev–Trinajstić information content (AvgIpc) is 2.94. The number of H-pyrrole nitrogens is 1. The molecule has 2 aromatic rings. The van der Waals surface area contributed by atoms with Gasteiger partial charge >= 0.3 is 0 Å². The lowest BCUT2D eigenvalue weighted by Gasteiger charge is -2.12. The first-order valence-electron chi connectivity index (χ1n) is 5.39. The number of aliphatic hydroxyl groups is 1. The van der Waals surface area contributed by atoms with Gasteiger partial charge in [0.1, 0.15) is 16.0 Å². The highest BCUT2D eigenvalue weighted by Crippen LogP contribution is 2.21. The Bertz CT molecular complexity index is 570. The summed E-state index contributed by atoms with van der Waals surface area (Å²) in [5, 5.41) is 17.6. The number of hydrogen-bond acceptors (Lipinski definition) is 4. The topological polar surface area (TPSA) is 82.1 Å². The summed E-state index contributed by atoms with van der Waals surface area (Å²) in [5.74, 6) is 0. The first-order valence-corrected chi connectivity index (χ1v) is 6.50. The second-order valence-electron chi connectivity index (χ2n) is 4.01. The van der Waals surface area contributed by atoms with Crippen LogP contribution in [0.3, 0.4) is 0 Å². The van der Waals surface area contributed by atoms with Crippen LogP contribution >= 0.6 is 0 Å². The molecule has 1 aliphatic heterocycles. The fraction of sp³-hybridized carbons (Fsp3) is 0.400. The van der Waals surface area contributed by atoms with E-state index in [0.717, 1.165) is 5.39 Å². The second-order valence-corrected chi connectivity index (χ2v) is 5.43. The van der Waals surface area contributed by atoms with Crippen LogP contribution in [0.1, 0.15) is 6.42 Å². The first-order chi connectivity index (χ1) is 8.25. The van der Waals surface area contributed by atoms with Crippen molar-refractivity contribution in [3.05, 3.63) is 18.3 Å². The number of nitrogens with one attached hydrogen (secondary N) is 1. The molecular formula is C10H12N4O2S. The van der Waals surface area contributed by atoms with Crippen LogP contribution in [0, 0.1) is 0 Å². The van der Waals surface area contributed by atoms with Crippen LogP contribution in [0.25, 0.3) is 11.0 Å². The van der Waals surface area contributed by atoms with Crippen molar-refractivity contribution in [2.75, 3.05) is 13.1 Å². The number of aromatic amines is 1. The smallest absolute Gasteiger partial charge is 0.182 e. The zero-order valence-electron chi connectivity index (χ0n) is 9.04. The lowest BCUT2D eigenvalue weighted by atomic mass is 10.3. The fourth-order valence-corrected chi connectivity index (χ4v) is 3.26. The predicted octanol–water partition coefficient (Wildman–Crippen LogP) is 0.0471. The molecule has 2 N–H and O–H groups in total. The molecule has 1 fully saturated rings. The molecule has 1 saturated heterocycles. The Balaban J connectivity index is 1.96. The van der Waals surface area contributed by atoms with Crippen molar-refractivity contribution < 1.29 is 9.32 Å². The van der Waals surface area contributed by atoms with Crippen LogP contribution in [0.4, 0.5) is 0 Å². The molecule has 0 saturated carbocycles. The average molecular weight is 252 g/mol. The van der Waals surface area contributed by atoms with E-state index in [-0.39, 0.29) is 6.10 Å². The molecule has 0 aromatic carbocycles. The molecular weight excluding hydrogens is 240 g/mol. The molecule has 7 heteroatoms. The highest BCUT2D eigenvalue weighted by atomic mass is 32.2. The van der Waals surface area contributed by atoms with Gasteiger partial charge in [0.05, 0.1) is 11.5 Å². The lowest BCUT2D eigenvalue weighted by molar-refractivity contribution is 0.190. The van der Waals surface area contributed by atoms with E-state index in [2.05, 4.69) is 15.2 Å². The molecule has 0 aliphatic carbocycles. The van der Waals surface area contributed by atoms with Gasteiger partial charge in [-0.15, -0.1) is 0 Å². The zero-order chi connectivity index (χ0) is 11.8. The number of rotatable bonds is 2. The molecule has 3 rings (SSSR count). The third-order valence-electron chi connectivity index (χ3n) is 2.83. The Morgan fingerprint density at radius 1 is 1.59 bits per heavy atom.